The summed E-state index contributed by atoms with van der Waals surface area (Å²) in [7, 11) is 0. The summed E-state index contributed by atoms with van der Waals surface area (Å²) in [4.78, 5) is 66.4. The first-order valence-electron chi connectivity index (χ1n) is 24.9. The van der Waals surface area contributed by atoms with E-state index in [2.05, 4.69) is 59.6 Å². The fraction of sp³-hybridized carbons (Fsp3) is 0.527. The van der Waals surface area contributed by atoms with Crippen LogP contribution in [0.5, 0.6) is 5.75 Å². The number of aliphatic hydroxyl groups excluding tert-OH is 2. The van der Waals surface area contributed by atoms with Crippen LogP contribution in [0.15, 0.2) is 72.2 Å². The number of likely N-dealkylation sites (tertiary alicyclic amines) is 1. The molecule has 0 radical (unpaired) electrons. The van der Waals surface area contributed by atoms with Gasteiger partial charge in [-0.05, 0) is 79.6 Å². The molecule has 3 aromatic carbocycles. The molecule has 1 saturated carbocycles. The number of nitriles is 1. The zero-order chi connectivity index (χ0) is 52.3. The van der Waals surface area contributed by atoms with Crippen molar-refractivity contribution in [2.75, 3.05) is 45.9 Å². The minimum absolute atomic E-state index is 0.0187. The third kappa shape index (κ3) is 12.2. The Morgan fingerprint density at radius 3 is 2.29 bits per heavy atom. The van der Waals surface area contributed by atoms with Crippen LogP contribution in [0.1, 0.15) is 107 Å². The lowest BCUT2D eigenvalue weighted by Crippen LogP contribution is -2.74. The molecule has 0 spiro atoms. The van der Waals surface area contributed by atoms with Crippen molar-refractivity contribution in [2.24, 2.45) is 16.2 Å². The minimum atomic E-state index is -0.957. The predicted octanol–water partition coefficient (Wildman–Crippen LogP) is 6.54. The van der Waals surface area contributed by atoms with Crippen molar-refractivity contribution in [3.63, 3.8) is 0 Å². The fourth-order valence-corrected chi connectivity index (χ4v) is 12.1. The summed E-state index contributed by atoms with van der Waals surface area (Å²) in [6.07, 6.45) is 0.608. The van der Waals surface area contributed by atoms with Gasteiger partial charge in [0.25, 0.3) is 5.91 Å². The molecule has 15 nitrogen and oxygen atoms in total. The maximum atomic E-state index is 14.3. The van der Waals surface area contributed by atoms with Crippen molar-refractivity contribution >= 4 is 46.6 Å². The number of benzene rings is 3. The van der Waals surface area contributed by atoms with E-state index in [1.807, 2.05) is 93.6 Å². The molecule has 4 aromatic rings. The highest BCUT2D eigenvalue weighted by Gasteiger charge is 2.64. The van der Waals surface area contributed by atoms with E-state index in [1.165, 1.54) is 4.90 Å². The van der Waals surface area contributed by atoms with E-state index in [4.69, 9.17) is 16.3 Å². The number of aryl methyl sites for hydroxylation is 2. The lowest BCUT2D eigenvalue weighted by atomic mass is 9.49. The van der Waals surface area contributed by atoms with E-state index >= 15 is 0 Å². The summed E-state index contributed by atoms with van der Waals surface area (Å²) in [6.45, 7) is 20.1. The first kappa shape index (κ1) is 54.4. The highest BCUT2D eigenvalue weighted by atomic mass is 35.5. The van der Waals surface area contributed by atoms with Crippen molar-refractivity contribution in [1.29, 1.82) is 5.26 Å². The van der Waals surface area contributed by atoms with Gasteiger partial charge in [-0.25, -0.2) is 4.98 Å². The Balaban J connectivity index is 0.862. The van der Waals surface area contributed by atoms with Crippen LogP contribution < -0.4 is 20.7 Å². The van der Waals surface area contributed by atoms with Gasteiger partial charge in [-0.2, -0.15) is 5.26 Å². The molecule has 2 aliphatic heterocycles. The number of aliphatic hydroxyl groups is 2. The fourth-order valence-electron chi connectivity index (χ4n) is 11.1. The molecule has 4 amide bonds. The van der Waals surface area contributed by atoms with E-state index in [0.29, 0.717) is 41.5 Å². The number of halogens is 1. The third-order valence-electron chi connectivity index (χ3n) is 14.9. The molecule has 5 atom stereocenters. The number of β-amino-alcohol motifs (C(OH)–C–C–N with tert-alkyl or cyclic N) is 1. The van der Waals surface area contributed by atoms with E-state index < -0.39 is 29.5 Å². The van der Waals surface area contributed by atoms with Gasteiger partial charge in [0, 0.05) is 67.1 Å². The third-order valence-corrected chi connectivity index (χ3v) is 16.2. The Labute approximate surface area is 433 Å². The first-order valence-corrected chi connectivity index (χ1v) is 26.2. The van der Waals surface area contributed by atoms with Gasteiger partial charge in [0.1, 0.15) is 30.0 Å². The second-order valence-corrected chi connectivity index (χ2v) is 23.4. The average Bonchev–Trinajstić information content (AvgIpc) is 3.96. The molecule has 3 fully saturated rings. The summed E-state index contributed by atoms with van der Waals surface area (Å²) in [5.74, 6) is -0.699. The SMILES string of the molecule is Cc1ncsc1-c1ccc([C@H](C)NC(=O)[C@@H]2C[C@@H](O)CN2C(=O)[C@@H](NC(=O)CN2CCN(CCCc3ccc(C(=O)NC4C(C)(C)C(Oc5ccc(C#N)c(Cl)c5)C4(C)C)cc3)[C@H](CO)C2)C(C)(C)C)cc1. The monoisotopic (exact) mass is 1020 g/mol. The number of thiazole rings is 1. The molecule has 2 saturated heterocycles. The Morgan fingerprint density at radius 2 is 1.68 bits per heavy atom. The summed E-state index contributed by atoms with van der Waals surface area (Å²) >= 11 is 7.84. The van der Waals surface area contributed by atoms with Gasteiger partial charge in [0.05, 0.1) is 52.0 Å². The summed E-state index contributed by atoms with van der Waals surface area (Å²) in [5, 5.41) is 40.1. The maximum absolute atomic E-state index is 14.3. The number of nitrogens with one attached hydrogen (secondary N) is 3. The van der Waals surface area contributed by atoms with Crippen LogP contribution in [0.25, 0.3) is 10.4 Å². The molecule has 3 aliphatic rings. The molecule has 386 valence electrons. The van der Waals surface area contributed by atoms with Gasteiger partial charge >= 0.3 is 0 Å². The van der Waals surface area contributed by atoms with Gasteiger partial charge in [-0.15, -0.1) is 11.3 Å². The van der Waals surface area contributed by atoms with E-state index in [0.717, 1.165) is 46.6 Å². The molecule has 0 unspecified atom stereocenters. The van der Waals surface area contributed by atoms with Crippen molar-refractivity contribution in [1.82, 2.24) is 35.6 Å². The lowest BCUT2D eigenvalue weighted by molar-refractivity contribution is -0.164. The lowest BCUT2D eigenvalue weighted by Gasteiger charge is -2.63. The Hall–Kier alpha value is -5.41. The Kier molecular flexibility index (Phi) is 16.9. The molecule has 7 rings (SSSR count). The predicted molar refractivity (Wildman–Crippen MR) is 279 cm³/mol. The number of rotatable bonds is 17. The molecule has 5 N–H and O–H groups in total. The van der Waals surface area contributed by atoms with Gasteiger partial charge in [-0.1, -0.05) is 96.5 Å². The minimum Gasteiger partial charge on any atom is -0.489 e. The summed E-state index contributed by atoms with van der Waals surface area (Å²) in [6, 6.07) is 20.2. The van der Waals surface area contributed by atoms with Crippen molar-refractivity contribution in [2.45, 2.75) is 124 Å². The second-order valence-electron chi connectivity index (χ2n) is 22.1. The average molecular weight is 1020 g/mol. The van der Waals surface area contributed by atoms with E-state index in [-0.39, 0.29) is 78.9 Å². The van der Waals surface area contributed by atoms with Crippen LogP contribution in [-0.4, -0.2) is 136 Å². The van der Waals surface area contributed by atoms with Gasteiger partial charge < -0.3 is 35.8 Å². The Morgan fingerprint density at radius 1 is 0.986 bits per heavy atom. The number of piperazine rings is 1. The van der Waals surface area contributed by atoms with Crippen LogP contribution in [0.3, 0.4) is 0 Å². The van der Waals surface area contributed by atoms with E-state index in [9.17, 15) is 34.7 Å². The van der Waals surface area contributed by atoms with Crippen LogP contribution in [0.2, 0.25) is 5.02 Å². The van der Waals surface area contributed by atoms with Gasteiger partial charge in [-0.3, -0.25) is 29.0 Å². The largest absolute Gasteiger partial charge is 0.489 e. The topological polar surface area (TPSA) is 200 Å². The zero-order valence-corrected chi connectivity index (χ0v) is 44.6. The summed E-state index contributed by atoms with van der Waals surface area (Å²) < 4.78 is 6.38. The molecular formula is C55H71ClN8O7S. The number of hydrogen-bond acceptors (Lipinski definition) is 12. The zero-order valence-electron chi connectivity index (χ0n) is 43.0. The highest BCUT2D eigenvalue weighted by molar-refractivity contribution is 7.13. The van der Waals surface area contributed by atoms with Crippen LogP contribution >= 0.6 is 22.9 Å². The molecule has 0 bridgehead atoms. The smallest absolute Gasteiger partial charge is 0.251 e. The quantitative estimate of drug-likeness (QED) is 0.0770. The van der Waals surface area contributed by atoms with Crippen molar-refractivity contribution < 1.29 is 34.1 Å². The second kappa shape index (κ2) is 22.4. The number of carbonyl (C=O) groups excluding carboxylic acids is 4. The maximum Gasteiger partial charge on any atom is 0.251 e. The molecule has 1 aromatic heterocycles. The number of amides is 4. The number of hydrogen-bond donors (Lipinski definition) is 5. The molecule has 1 aliphatic carbocycles. The molecule has 72 heavy (non-hydrogen) atoms. The van der Waals surface area contributed by atoms with Crippen LogP contribution in [0.4, 0.5) is 0 Å². The normalized spacial score (nSPS) is 22.8. The number of nitrogens with zero attached hydrogens (tertiary/aromatic N) is 5. The summed E-state index contributed by atoms with van der Waals surface area (Å²) in [5.41, 5.74) is 5.29. The van der Waals surface area contributed by atoms with Crippen molar-refractivity contribution in [3.05, 3.63) is 105 Å². The van der Waals surface area contributed by atoms with E-state index in [1.54, 1.807) is 29.5 Å². The number of carbonyl (C=O) groups is 4. The highest BCUT2D eigenvalue weighted by Crippen LogP contribution is 2.55. The van der Waals surface area contributed by atoms with Crippen molar-refractivity contribution in [3.8, 4) is 22.3 Å². The molecular weight excluding hydrogens is 952 g/mol. The Bertz CT molecular complexity index is 2610. The first-order chi connectivity index (χ1) is 34.0. The van der Waals surface area contributed by atoms with Crippen LogP contribution in [0, 0.1) is 34.5 Å². The molecule has 3 heterocycles. The van der Waals surface area contributed by atoms with Gasteiger partial charge in [0.15, 0.2) is 0 Å². The van der Waals surface area contributed by atoms with Gasteiger partial charge in [0.2, 0.25) is 17.7 Å². The standard InChI is InChI=1S/C55H71ClN8O7S/c1-33(36-16-18-37(19-17-36)46-34(2)58-32-72-46)59-49(69)44-25-41(66)29-64(44)50(70)47(53(3,4)5)60-45(67)30-62-23-24-63(40(28-62)31-65)22-10-11-35-12-14-38(15-13-35)48(68)61-51-54(6,7)52(55(51,8)9)71-42-21-20-39(27-57)43(56)26-42/h12-21,26,32-33,40-41,44,47,51-52,65-66H,10-11,22-25,28-31H2,1-9H3,(H,59,69)(H,60,67)(H,61,68)/t33-,40-,41+,44-,47+,51?,52?/m0/s1. The number of ether oxygens (including phenoxy) is 1. The number of aromatic nitrogens is 1. The molecule has 17 heteroatoms. The van der Waals surface area contributed by atoms with Crippen LogP contribution in [-0.2, 0) is 20.8 Å².